The van der Waals surface area contributed by atoms with Gasteiger partial charge in [0.2, 0.25) is 24.9 Å². The summed E-state index contributed by atoms with van der Waals surface area (Å²) in [7, 11) is 4.02. The quantitative estimate of drug-likeness (QED) is 0.122. The van der Waals surface area contributed by atoms with Gasteiger partial charge in [-0.2, -0.15) is 0 Å². The van der Waals surface area contributed by atoms with Gasteiger partial charge >= 0.3 is 71.1 Å². The van der Waals surface area contributed by atoms with Gasteiger partial charge in [0.15, 0.2) is 0 Å². The second kappa shape index (κ2) is 19.4. The molecule has 2 aromatic carbocycles. The van der Waals surface area contributed by atoms with Crippen LogP contribution >= 0.6 is 0 Å². The Balaban J connectivity index is 0.000000186. The first kappa shape index (κ1) is 49.6. The number of benzene rings is 2. The maximum Gasteiger partial charge on any atom is 1.00 e. The second-order valence-electron chi connectivity index (χ2n) is 19.1. The van der Waals surface area contributed by atoms with Crippen LogP contribution in [0.1, 0.15) is 80.5 Å². The second-order valence-corrected chi connectivity index (χ2v) is 19.1. The third kappa shape index (κ3) is 10.3. The van der Waals surface area contributed by atoms with Crippen molar-refractivity contribution in [2.75, 3.05) is 79.7 Å². The summed E-state index contributed by atoms with van der Waals surface area (Å²) in [5.74, 6) is -2.09. The van der Waals surface area contributed by atoms with Gasteiger partial charge in [-0.3, -0.25) is 9.59 Å². The number of carbonyl (C=O) groups is 4. The topological polar surface area (TPSA) is 240 Å². The zero-order chi connectivity index (χ0) is 43.8. The molecule has 8 aliphatic rings. The van der Waals surface area contributed by atoms with E-state index in [4.69, 9.17) is 18.9 Å². The number of fused-ring (bicyclic) bond motifs is 6. The molecule has 2 aliphatic carbocycles. The van der Waals surface area contributed by atoms with Crippen LogP contribution in [0.5, 0.6) is 11.5 Å². The van der Waals surface area contributed by atoms with Crippen LogP contribution in [0.3, 0.4) is 0 Å². The fourth-order valence-electron chi connectivity index (χ4n) is 10.7. The molecule has 6 fully saturated rings. The van der Waals surface area contributed by atoms with Crippen LogP contribution in [0, 0.1) is 0 Å². The number of aromatic carboxylic acids is 2. The van der Waals surface area contributed by atoms with Crippen molar-refractivity contribution in [3.8, 4) is 11.5 Å². The van der Waals surface area contributed by atoms with E-state index in [-0.39, 0.29) is 154 Å². The molecule has 4 saturated heterocycles. The number of nitrogens with zero attached hydrogens (tertiary/aromatic N) is 4. The SMILES string of the molecule is CN1CCO[C@H](CC(=O)N2CC(Oc3ccc4c(c3C(=O)O)C[B-](O)(O)[C@@H]3C[C@H]43)C2)C1.CN1CCO[C@H](CC(=O)N2CC(Oc3ccc4c(c3C(=O)O)C[B-](O)(O)[C@@H]3C[C@H]43)C2)C1.[Na+].[Na+]. The predicted octanol–water partition coefficient (Wildman–Crippen LogP) is -5.84. The first-order chi connectivity index (χ1) is 29.5. The Kier molecular flexibility index (Phi) is 15.0. The number of ether oxygens (including phenoxy) is 4. The van der Waals surface area contributed by atoms with Crippen molar-refractivity contribution >= 4 is 36.9 Å². The maximum atomic E-state index is 12.5. The van der Waals surface area contributed by atoms with Gasteiger partial charge in [0.05, 0.1) is 64.4 Å². The summed E-state index contributed by atoms with van der Waals surface area (Å²) < 4.78 is 23.2. The average molecular weight is 909 g/mol. The van der Waals surface area contributed by atoms with E-state index in [1.165, 1.54) is 0 Å². The summed E-state index contributed by atoms with van der Waals surface area (Å²) in [6.07, 6.45) is 1.13. The zero-order valence-electron chi connectivity index (χ0n) is 37.1. The molecule has 336 valence electrons. The third-order valence-electron chi connectivity index (χ3n) is 14.4. The molecule has 2 amide bonds. The van der Waals surface area contributed by atoms with Crippen LogP contribution < -0.4 is 68.6 Å². The normalized spacial score (nSPS) is 28.6. The number of likely N-dealkylation sites (N-methyl/N-ethyl adjacent to an activating group) is 2. The van der Waals surface area contributed by atoms with E-state index < -0.39 is 25.0 Å². The Hall–Kier alpha value is -2.27. The van der Waals surface area contributed by atoms with Crippen LogP contribution in [0.25, 0.3) is 0 Å². The molecule has 6 aliphatic heterocycles. The van der Waals surface area contributed by atoms with Crippen molar-refractivity contribution in [1.29, 1.82) is 0 Å². The van der Waals surface area contributed by atoms with Crippen molar-refractivity contribution < 1.29 is 128 Å². The summed E-state index contributed by atoms with van der Waals surface area (Å²) in [5, 5.41) is 61.0. The number of carbonyl (C=O) groups excluding carboxylic acids is 2. The summed E-state index contributed by atoms with van der Waals surface area (Å²) in [6, 6.07) is 7.04. The molecular formula is C42H56B2N4Na2O14. The van der Waals surface area contributed by atoms with Gasteiger partial charge in [-0.15, -0.1) is 11.6 Å². The molecule has 2 saturated carbocycles. The molecule has 0 spiro atoms. The van der Waals surface area contributed by atoms with E-state index in [9.17, 15) is 49.5 Å². The molecule has 6 N–H and O–H groups in total. The van der Waals surface area contributed by atoms with Crippen molar-refractivity contribution in [2.45, 2.75) is 86.2 Å². The number of hydrogen-bond acceptors (Lipinski definition) is 14. The molecule has 0 bridgehead atoms. The Labute approximate surface area is 416 Å². The number of morpholine rings is 2. The summed E-state index contributed by atoms with van der Waals surface area (Å²) in [6.45, 7) is 0.885. The first-order valence-electron chi connectivity index (χ1n) is 22.0. The molecule has 18 nitrogen and oxygen atoms in total. The Bertz CT molecular complexity index is 1990. The van der Waals surface area contributed by atoms with E-state index in [0.717, 1.165) is 37.3 Å². The minimum absolute atomic E-state index is 0. The Morgan fingerprint density at radius 1 is 0.625 bits per heavy atom. The summed E-state index contributed by atoms with van der Waals surface area (Å²) in [4.78, 5) is 56.7. The molecule has 22 heteroatoms. The summed E-state index contributed by atoms with van der Waals surface area (Å²) in [5.41, 5.74) is 2.75. The molecule has 64 heavy (non-hydrogen) atoms. The van der Waals surface area contributed by atoms with Crippen LogP contribution in [-0.4, -0.2) is 191 Å². The molecule has 2 aromatic rings. The molecule has 0 radical (unpaired) electrons. The number of amides is 2. The standard InChI is InChI=1S/2C21H28BN2O7.2Na/c2*1-23-4-5-30-12(9-23)6-19(25)24-10-13(11-24)31-18-3-2-14-15-7-17(15)22(28,29)8-16(14)20(18)21(26)27;;/h2*2-3,12-13,15,17,28-29H,4-11H2,1H3,(H,26,27);;/q2*-1;2*+1/t2*12-,15-,17-;;/m11../s1. The predicted molar refractivity (Wildman–Crippen MR) is 223 cm³/mol. The maximum absolute atomic E-state index is 12.5. The van der Waals surface area contributed by atoms with Crippen LogP contribution in [0.2, 0.25) is 11.6 Å². The van der Waals surface area contributed by atoms with Crippen molar-refractivity contribution in [1.82, 2.24) is 19.6 Å². The number of carboxylic acid groups (broad SMARTS) is 2. The van der Waals surface area contributed by atoms with Gasteiger partial charge < -0.3 is 68.9 Å². The zero-order valence-corrected chi connectivity index (χ0v) is 41.1. The van der Waals surface area contributed by atoms with Gasteiger partial charge in [-0.1, -0.05) is 48.7 Å². The smallest absolute Gasteiger partial charge is 0.583 e. The van der Waals surface area contributed by atoms with E-state index >= 15 is 0 Å². The number of rotatable bonds is 10. The minimum atomic E-state index is -2.58. The van der Waals surface area contributed by atoms with E-state index in [1.807, 2.05) is 26.2 Å². The number of hydrogen-bond donors (Lipinski definition) is 6. The molecular weight excluding hydrogens is 852 g/mol. The van der Waals surface area contributed by atoms with E-state index in [0.29, 0.717) is 76.2 Å². The monoisotopic (exact) mass is 908 g/mol. The largest absolute Gasteiger partial charge is 1.00 e. The van der Waals surface area contributed by atoms with Gasteiger partial charge in [0.25, 0.3) is 0 Å². The fraction of sp³-hybridized carbons (Fsp3) is 0.619. The van der Waals surface area contributed by atoms with Gasteiger partial charge in [0.1, 0.15) is 34.8 Å². The Morgan fingerprint density at radius 3 is 1.34 bits per heavy atom. The fourth-order valence-corrected chi connectivity index (χ4v) is 10.7. The van der Waals surface area contributed by atoms with Crippen LogP contribution in [-0.2, 0) is 31.7 Å². The summed E-state index contributed by atoms with van der Waals surface area (Å²) >= 11 is 0. The first-order valence-corrected chi connectivity index (χ1v) is 22.0. The van der Waals surface area contributed by atoms with Gasteiger partial charge in [0, 0.05) is 26.2 Å². The van der Waals surface area contributed by atoms with Crippen LogP contribution in [0.15, 0.2) is 24.3 Å². The van der Waals surface area contributed by atoms with Crippen molar-refractivity contribution in [3.63, 3.8) is 0 Å². The molecule has 0 aromatic heterocycles. The third-order valence-corrected chi connectivity index (χ3v) is 14.4. The molecule has 6 heterocycles. The number of carboxylic acids is 2. The van der Waals surface area contributed by atoms with Crippen molar-refractivity contribution in [3.05, 3.63) is 57.6 Å². The Morgan fingerprint density at radius 2 is 1.00 bits per heavy atom. The van der Waals surface area contributed by atoms with Gasteiger partial charge in [-0.05, 0) is 49.2 Å². The molecule has 0 unspecified atom stereocenters. The van der Waals surface area contributed by atoms with Crippen LogP contribution in [0.4, 0.5) is 0 Å². The average Bonchev–Trinajstić information content (AvgIpc) is 4.09. The van der Waals surface area contributed by atoms with Gasteiger partial charge in [-0.25, -0.2) is 9.59 Å². The molecule has 6 atom stereocenters. The van der Waals surface area contributed by atoms with E-state index in [2.05, 4.69) is 9.80 Å². The minimum Gasteiger partial charge on any atom is -0.583 e. The van der Waals surface area contributed by atoms with Crippen molar-refractivity contribution in [2.24, 2.45) is 0 Å². The van der Waals surface area contributed by atoms with E-state index in [1.54, 1.807) is 21.9 Å². The molecule has 10 rings (SSSR count). The number of likely N-dealkylation sites (tertiary alicyclic amines) is 2.